The summed E-state index contributed by atoms with van der Waals surface area (Å²) in [5, 5.41) is 0. The average molecular weight is 199 g/mol. The number of hydrogen-bond donors (Lipinski definition) is 0. The number of ether oxygens (including phenoxy) is 1. The zero-order valence-corrected chi connectivity index (χ0v) is 10.2. The molecule has 0 aliphatic heterocycles. The predicted molar refractivity (Wildman–Crippen MR) is 60.5 cm³/mol. The van der Waals surface area contributed by atoms with E-state index in [1.807, 2.05) is 7.11 Å². The minimum absolute atomic E-state index is 0.438. The van der Waals surface area contributed by atoms with Crippen molar-refractivity contribution in [2.45, 2.75) is 32.6 Å². The van der Waals surface area contributed by atoms with Crippen LogP contribution >= 0.6 is 0 Å². The molecule has 84 valence electrons. The molecule has 0 spiro atoms. The van der Waals surface area contributed by atoms with Crippen molar-refractivity contribution >= 4 is 0 Å². The van der Waals surface area contributed by atoms with Crippen molar-refractivity contribution in [2.75, 3.05) is 34.4 Å². The topological polar surface area (TPSA) is 12.5 Å². The van der Waals surface area contributed by atoms with Gasteiger partial charge in [-0.1, -0.05) is 13.3 Å². The summed E-state index contributed by atoms with van der Waals surface area (Å²) in [6.45, 7) is 4.39. The molecule has 1 atom stereocenters. The Bertz CT molecular complexity index is 158. The first-order valence-corrected chi connectivity index (χ1v) is 5.78. The molecule has 0 radical (unpaired) electrons. The quantitative estimate of drug-likeness (QED) is 0.624. The van der Waals surface area contributed by atoms with Gasteiger partial charge >= 0.3 is 0 Å². The molecule has 1 fully saturated rings. The molecule has 1 aliphatic rings. The minimum Gasteiger partial charge on any atom is -0.384 e. The fraction of sp³-hybridized carbons (Fsp3) is 1.00. The Kier molecular flexibility index (Phi) is 4.39. The summed E-state index contributed by atoms with van der Waals surface area (Å²) in [6, 6.07) is 0. The van der Waals surface area contributed by atoms with Gasteiger partial charge in [0.05, 0.1) is 6.61 Å². The van der Waals surface area contributed by atoms with Crippen LogP contribution in [-0.4, -0.2) is 39.3 Å². The molecular formula is C12H25NO. The van der Waals surface area contributed by atoms with E-state index in [1.54, 1.807) is 0 Å². The fourth-order valence-electron chi connectivity index (χ4n) is 2.76. The molecule has 1 unspecified atom stereocenters. The molecular weight excluding hydrogens is 174 g/mol. The normalized spacial score (nSPS) is 21.2. The predicted octanol–water partition coefficient (Wildman–Crippen LogP) is 2.39. The molecule has 0 bridgehead atoms. The first-order chi connectivity index (χ1) is 6.64. The van der Waals surface area contributed by atoms with Crippen LogP contribution in [0.15, 0.2) is 0 Å². The Morgan fingerprint density at radius 2 is 2.00 bits per heavy atom. The number of nitrogens with zero attached hydrogens (tertiary/aromatic N) is 1. The lowest BCUT2D eigenvalue weighted by Gasteiger charge is -2.36. The molecule has 2 nitrogen and oxygen atoms in total. The van der Waals surface area contributed by atoms with E-state index < -0.39 is 0 Å². The Balaban J connectivity index is 2.61. The van der Waals surface area contributed by atoms with Crippen molar-refractivity contribution in [1.29, 1.82) is 0 Å². The minimum atomic E-state index is 0.438. The molecule has 0 amide bonds. The van der Waals surface area contributed by atoms with Gasteiger partial charge in [-0.3, -0.25) is 0 Å². The van der Waals surface area contributed by atoms with Gasteiger partial charge in [0, 0.05) is 19.1 Å². The van der Waals surface area contributed by atoms with E-state index in [0.717, 1.165) is 12.5 Å². The summed E-state index contributed by atoms with van der Waals surface area (Å²) in [5.41, 5.74) is 0.438. The second-order valence-electron chi connectivity index (χ2n) is 5.06. The maximum absolute atomic E-state index is 5.44. The van der Waals surface area contributed by atoms with Crippen LogP contribution in [0.4, 0.5) is 0 Å². The number of hydrogen-bond acceptors (Lipinski definition) is 2. The first-order valence-electron chi connectivity index (χ1n) is 5.78. The van der Waals surface area contributed by atoms with Gasteiger partial charge in [-0.25, -0.2) is 0 Å². The van der Waals surface area contributed by atoms with Gasteiger partial charge in [0.25, 0.3) is 0 Å². The zero-order valence-electron chi connectivity index (χ0n) is 10.2. The number of rotatable bonds is 7. The van der Waals surface area contributed by atoms with E-state index in [9.17, 15) is 0 Å². The van der Waals surface area contributed by atoms with Gasteiger partial charge in [0.1, 0.15) is 0 Å². The van der Waals surface area contributed by atoms with Crippen LogP contribution in [0.5, 0.6) is 0 Å². The molecule has 0 aromatic rings. The zero-order chi connectivity index (χ0) is 10.6. The highest BCUT2D eigenvalue weighted by Gasteiger charge is 2.44. The van der Waals surface area contributed by atoms with Crippen LogP contribution in [0.1, 0.15) is 32.6 Å². The van der Waals surface area contributed by atoms with Gasteiger partial charge in [-0.05, 0) is 39.3 Å². The molecule has 0 heterocycles. The third-order valence-electron chi connectivity index (χ3n) is 3.25. The van der Waals surface area contributed by atoms with E-state index in [2.05, 4.69) is 25.9 Å². The van der Waals surface area contributed by atoms with Crippen LogP contribution in [-0.2, 0) is 4.74 Å². The second kappa shape index (κ2) is 5.13. The largest absolute Gasteiger partial charge is 0.384 e. The van der Waals surface area contributed by atoms with Gasteiger partial charge < -0.3 is 9.64 Å². The van der Waals surface area contributed by atoms with Crippen LogP contribution < -0.4 is 0 Å². The lowest BCUT2D eigenvalue weighted by Crippen LogP contribution is -2.39. The Labute approximate surface area is 88.6 Å². The third-order valence-corrected chi connectivity index (χ3v) is 3.25. The summed E-state index contributed by atoms with van der Waals surface area (Å²) < 4.78 is 5.44. The third kappa shape index (κ3) is 2.96. The van der Waals surface area contributed by atoms with Crippen molar-refractivity contribution in [3.05, 3.63) is 0 Å². The Morgan fingerprint density at radius 3 is 2.36 bits per heavy atom. The summed E-state index contributed by atoms with van der Waals surface area (Å²) in [6.07, 6.45) is 5.41. The van der Waals surface area contributed by atoms with Gasteiger partial charge in [-0.2, -0.15) is 0 Å². The highest BCUT2D eigenvalue weighted by molar-refractivity contribution is 4.95. The van der Waals surface area contributed by atoms with Crippen LogP contribution in [0, 0.1) is 11.3 Å². The lowest BCUT2D eigenvalue weighted by atomic mass is 9.78. The molecule has 14 heavy (non-hydrogen) atoms. The van der Waals surface area contributed by atoms with E-state index in [1.165, 1.54) is 32.2 Å². The van der Waals surface area contributed by atoms with E-state index in [0.29, 0.717) is 5.41 Å². The summed E-state index contributed by atoms with van der Waals surface area (Å²) in [4.78, 5) is 2.31. The van der Waals surface area contributed by atoms with Crippen LogP contribution in [0.3, 0.4) is 0 Å². The highest BCUT2D eigenvalue weighted by Crippen LogP contribution is 2.48. The molecule has 0 aromatic heterocycles. The monoisotopic (exact) mass is 199 g/mol. The summed E-state index contributed by atoms with van der Waals surface area (Å²) in [5.74, 6) is 0.921. The van der Waals surface area contributed by atoms with E-state index in [-0.39, 0.29) is 0 Å². The van der Waals surface area contributed by atoms with Crippen molar-refractivity contribution in [2.24, 2.45) is 11.3 Å². The van der Waals surface area contributed by atoms with Crippen molar-refractivity contribution in [3.63, 3.8) is 0 Å². The van der Waals surface area contributed by atoms with Crippen molar-refractivity contribution < 1.29 is 4.74 Å². The second-order valence-corrected chi connectivity index (χ2v) is 5.06. The molecule has 0 N–H and O–H groups in total. The highest BCUT2D eigenvalue weighted by atomic mass is 16.5. The maximum atomic E-state index is 5.44. The Hall–Kier alpha value is -0.0800. The molecule has 0 saturated heterocycles. The smallest absolute Gasteiger partial charge is 0.0533 e. The van der Waals surface area contributed by atoms with Gasteiger partial charge in [0.15, 0.2) is 0 Å². The maximum Gasteiger partial charge on any atom is 0.0533 e. The molecule has 1 aliphatic carbocycles. The molecule has 1 rings (SSSR count). The van der Waals surface area contributed by atoms with Crippen LogP contribution in [0.25, 0.3) is 0 Å². The molecule has 2 heteroatoms. The first kappa shape index (κ1) is 12.0. The van der Waals surface area contributed by atoms with Gasteiger partial charge in [-0.15, -0.1) is 0 Å². The lowest BCUT2D eigenvalue weighted by molar-refractivity contribution is 0.0327. The van der Waals surface area contributed by atoms with E-state index in [4.69, 9.17) is 4.74 Å². The SMILES string of the molecule is CCCC(COC)(CN(C)C)C1CC1. The molecule has 1 saturated carbocycles. The van der Waals surface area contributed by atoms with Crippen molar-refractivity contribution in [1.82, 2.24) is 4.90 Å². The fourth-order valence-corrected chi connectivity index (χ4v) is 2.76. The standard InChI is InChI=1S/C12H25NO/c1-5-8-12(10-14-4,9-13(2)3)11-6-7-11/h11H,5-10H2,1-4H3. The number of methoxy groups -OCH3 is 1. The average Bonchev–Trinajstić information content (AvgIpc) is 2.85. The van der Waals surface area contributed by atoms with Gasteiger partial charge in [0.2, 0.25) is 0 Å². The van der Waals surface area contributed by atoms with Crippen molar-refractivity contribution in [3.8, 4) is 0 Å². The Morgan fingerprint density at radius 1 is 1.36 bits per heavy atom. The molecule has 0 aromatic carbocycles. The summed E-state index contributed by atoms with van der Waals surface area (Å²) >= 11 is 0. The summed E-state index contributed by atoms with van der Waals surface area (Å²) in [7, 11) is 6.17. The van der Waals surface area contributed by atoms with Crippen LogP contribution in [0.2, 0.25) is 0 Å². The van der Waals surface area contributed by atoms with E-state index >= 15 is 0 Å².